The number of halogens is 1. The Hall–Kier alpha value is -2.84. The van der Waals surface area contributed by atoms with Gasteiger partial charge in [-0.1, -0.05) is 48.0 Å². The van der Waals surface area contributed by atoms with Crippen molar-refractivity contribution in [3.63, 3.8) is 0 Å². The number of hydrogen-bond donors (Lipinski definition) is 0. The van der Waals surface area contributed by atoms with Gasteiger partial charge < -0.3 is 4.74 Å². The van der Waals surface area contributed by atoms with Crippen LogP contribution < -0.4 is 4.74 Å². The molecular weight excluding hydrogens is 332 g/mol. The average molecular weight is 349 g/mol. The standard InChI is InChI=1S/C22H17ClO2/c23-20-12-8-18(9-13-20)22(24)19-10-14-21(15-11-19)25-16-4-7-17-5-2-1-3-6-17/h1-15H,16H2. The zero-order valence-electron chi connectivity index (χ0n) is 13.6. The van der Waals surface area contributed by atoms with E-state index < -0.39 is 0 Å². The average Bonchev–Trinajstić information content (AvgIpc) is 2.67. The molecule has 0 radical (unpaired) electrons. The van der Waals surface area contributed by atoms with Gasteiger partial charge in [0, 0.05) is 16.1 Å². The van der Waals surface area contributed by atoms with E-state index in [1.807, 2.05) is 42.5 Å². The van der Waals surface area contributed by atoms with Crippen molar-refractivity contribution in [3.05, 3.63) is 107 Å². The number of benzene rings is 3. The van der Waals surface area contributed by atoms with Gasteiger partial charge in [-0.15, -0.1) is 0 Å². The van der Waals surface area contributed by atoms with Crippen LogP contribution in [-0.4, -0.2) is 12.4 Å². The SMILES string of the molecule is O=C(c1ccc(Cl)cc1)c1ccc(OCC=Cc2ccccc2)cc1. The molecule has 124 valence electrons. The van der Waals surface area contributed by atoms with Crippen LogP contribution in [0.3, 0.4) is 0 Å². The van der Waals surface area contributed by atoms with Crippen LogP contribution in [0.2, 0.25) is 5.02 Å². The van der Waals surface area contributed by atoms with E-state index in [9.17, 15) is 4.79 Å². The summed E-state index contributed by atoms with van der Waals surface area (Å²) in [7, 11) is 0. The minimum atomic E-state index is -0.0350. The van der Waals surface area contributed by atoms with Crippen molar-refractivity contribution >= 4 is 23.5 Å². The molecule has 0 saturated heterocycles. The molecule has 0 heterocycles. The van der Waals surface area contributed by atoms with Crippen LogP contribution in [0.4, 0.5) is 0 Å². The summed E-state index contributed by atoms with van der Waals surface area (Å²) in [4.78, 5) is 12.4. The predicted molar refractivity (Wildman–Crippen MR) is 102 cm³/mol. The monoisotopic (exact) mass is 348 g/mol. The number of rotatable bonds is 6. The third kappa shape index (κ3) is 4.82. The van der Waals surface area contributed by atoms with E-state index in [1.165, 1.54) is 0 Å². The second-order valence-electron chi connectivity index (χ2n) is 5.48. The van der Waals surface area contributed by atoms with Crippen molar-refractivity contribution in [2.24, 2.45) is 0 Å². The lowest BCUT2D eigenvalue weighted by Crippen LogP contribution is -2.01. The third-order valence-electron chi connectivity index (χ3n) is 3.68. The number of carbonyl (C=O) groups excluding carboxylic acids is 1. The molecule has 3 aromatic carbocycles. The zero-order chi connectivity index (χ0) is 17.5. The van der Waals surface area contributed by atoms with Gasteiger partial charge in [-0.25, -0.2) is 0 Å². The molecule has 0 bridgehead atoms. The molecule has 0 aliphatic rings. The molecule has 0 aromatic heterocycles. The molecule has 3 aromatic rings. The van der Waals surface area contributed by atoms with Gasteiger partial charge in [0.25, 0.3) is 0 Å². The van der Waals surface area contributed by atoms with Gasteiger partial charge >= 0.3 is 0 Å². The summed E-state index contributed by atoms with van der Waals surface area (Å²) in [6.07, 6.45) is 3.97. The van der Waals surface area contributed by atoms with Crippen LogP contribution in [-0.2, 0) is 0 Å². The molecule has 0 fully saturated rings. The lowest BCUT2D eigenvalue weighted by molar-refractivity contribution is 0.103. The maximum atomic E-state index is 12.4. The van der Waals surface area contributed by atoms with Gasteiger partial charge in [0.2, 0.25) is 0 Å². The van der Waals surface area contributed by atoms with Crippen molar-refractivity contribution in [3.8, 4) is 5.75 Å². The molecule has 0 aliphatic carbocycles. The minimum absolute atomic E-state index is 0.0350. The van der Waals surface area contributed by atoms with Crippen LogP contribution in [0.15, 0.2) is 84.9 Å². The molecule has 0 atom stereocenters. The van der Waals surface area contributed by atoms with E-state index in [4.69, 9.17) is 16.3 Å². The molecule has 3 rings (SSSR count). The third-order valence-corrected chi connectivity index (χ3v) is 3.93. The van der Waals surface area contributed by atoms with Gasteiger partial charge in [-0.2, -0.15) is 0 Å². The molecule has 0 amide bonds. The molecule has 0 unspecified atom stereocenters. The number of ketones is 1. The zero-order valence-corrected chi connectivity index (χ0v) is 14.3. The Bertz CT molecular complexity index is 851. The lowest BCUT2D eigenvalue weighted by atomic mass is 10.0. The van der Waals surface area contributed by atoms with Crippen molar-refractivity contribution in [2.75, 3.05) is 6.61 Å². The fourth-order valence-electron chi connectivity index (χ4n) is 2.36. The molecule has 0 aliphatic heterocycles. The number of carbonyl (C=O) groups is 1. The van der Waals surface area contributed by atoms with E-state index >= 15 is 0 Å². The van der Waals surface area contributed by atoms with Gasteiger partial charge in [-0.3, -0.25) is 4.79 Å². The summed E-state index contributed by atoms with van der Waals surface area (Å²) >= 11 is 5.85. The van der Waals surface area contributed by atoms with Crippen LogP contribution in [0.25, 0.3) is 6.08 Å². The Labute approximate surface area is 152 Å². The summed E-state index contributed by atoms with van der Waals surface area (Å²) in [5.74, 6) is 0.692. The maximum absolute atomic E-state index is 12.4. The molecule has 0 saturated carbocycles. The first-order chi connectivity index (χ1) is 12.2. The van der Waals surface area contributed by atoms with Crippen molar-refractivity contribution in [1.29, 1.82) is 0 Å². The van der Waals surface area contributed by atoms with Gasteiger partial charge in [0.05, 0.1) is 0 Å². The Kier molecular flexibility index (Phi) is 5.65. The highest BCUT2D eigenvalue weighted by Crippen LogP contribution is 2.17. The largest absolute Gasteiger partial charge is 0.490 e. The van der Waals surface area contributed by atoms with Crippen molar-refractivity contribution in [1.82, 2.24) is 0 Å². The lowest BCUT2D eigenvalue weighted by Gasteiger charge is -2.05. The van der Waals surface area contributed by atoms with Gasteiger partial charge in [0.15, 0.2) is 5.78 Å². The second-order valence-corrected chi connectivity index (χ2v) is 5.92. The van der Waals surface area contributed by atoms with Crippen molar-refractivity contribution < 1.29 is 9.53 Å². The maximum Gasteiger partial charge on any atom is 0.193 e. The summed E-state index contributed by atoms with van der Waals surface area (Å²) in [6, 6.07) is 24.1. The first kappa shape index (κ1) is 17.0. The number of ether oxygens (including phenoxy) is 1. The Balaban J connectivity index is 1.57. The van der Waals surface area contributed by atoms with Gasteiger partial charge in [0.1, 0.15) is 12.4 Å². The van der Waals surface area contributed by atoms with E-state index in [-0.39, 0.29) is 5.78 Å². The minimum Gasteiger partial charge on any atom is -0.490 e. The Morgan fingerprint density at radius 2 is 1.44 bits per heavy atom. The van der Waals surface area contributed by atoms with Gasteiger partial charge in [-0.05, 0) is 60.2 Å². The first-order valence-electron chi connectivity index (χ1n) is 7.97. The quantitative estimate of drug-likeness (QED) is 0.537. The van der Waals surface area contributed by atoms with Crippen molar-refractivity contribution in [2.45, 2.75) is 0 Å². The van der Waals surface area contributed by atoms with Crippen LogP contribution in [0.5, 0.6) is 5.75 Å². The molecule has 2 nitrogen and oxygen atoms in total. The molecule has 0 spiro atoms. The molecule has 3 heteroatoms. The topological polar surface area (TPSA) is 26.3 Å². The Morgan fingerprint density at radius 1 is 0.840 bits per heavy atom. The van der Waals surface area contributed by atoms with E-state index in [0.29, 0.717) is 22.8 Å². The fourth-order valence-corrected chi connectivity index (χ4v) is 2.49. The van der Waals surface area contributed by atoms with E-state index in [1.54, 1.807) is 48.5 Å². The summed E-state index contributed by atoms with van der Waals surface area (Å²) in [6.45, 7) is 0.472. The highest BCUT2D eigenvalue weighted by atomic mass is 35.5. The summed E-state index contributed by atoms with van der Waals surface area (Å²) < 4.78 is 5.67. The van der Waals surface area contributed by atoms with E-state index in [2.05, 4.69) is 0 Å². The highest BCUT2D eigenvalue weighted by molar-refractivity contribution is 6.30. The molecule has 0 N–H and O–H groups in total. The fraction of sp³-hybridized carbons (Fsp3) is 0.0455. The predicted octanol–water partition coefficient (Wildman–Crippen LogP) is 5.66. The number of hydrogen-bond acceptors (Lipinski definition) is 2. The summed E-state index contributed by atoms with van der Waals surface area (Å²) in [5.41, 5.74) is 2.37. The normalized spacial score (nSPS) is 10.8. The first-order valence-corrected chi connectivity index (χ1v) is 8.35. The summed E-state index contributed by atoms with van der Waals surface area (Å²) in [5, 5.41) is 0.615. The van der Waals surface area contributed by atoms with Crippen LogP contribution in [0.1, 0.15) is 21.5 Å². The van der Waals surface area contributed by atoms with Crippen LogP contribution >= 0.6 is 11.6 Å². The second kappa shape index (κ2) is 8.32. The smallest absolute Gasteiger partial charge is 0.193 e. The Morgan fingerprint density at radius 3 is 2.08 bits per heavy atom. The molecule has 25 heavy (non-hydrogen) atoms. The highest BCUT2D eigenvalue weighted by Gasteiger charge is 2.08. The molecular formula is C22H17ClO2. The van der Waals surface area contributed by atoms with E-state index in [0.717, 1.165) is 11.3 Å². The van der Waals surface area contributed by atoms with Crippen LogP contribution in [0, 0.1) is 0 Å².